The van der Waals surface area contributed by atoms with Gasteiger partial charge in [-0.1, -0.05) is 0 Å². The zero-order valence-electron chi connectivity index (χ0n) is 30.8. The fraction of sp³-hybridized carbons (Fsp3) is 0.404. The van der Waals surface area contributed by atoms with E-state index in [-0.39, 0.29) is 24.8 Å². The summed E-state index contributed by atoms with van der Waals surface area (Å²) < 4.78 is 4.51. The van der Waals surface area contributed by atoms with Crippen LogP contribution in [-0.4, -0.2) is 0 Å². The van der Waals surface area contributed by atoms with E-state index >= 15 is 0 Å². The molecule has 0 bridgehead atoms. The number of unbranched alkanes of at least 4 members (excludes halogenated alkanes) is 2. The van der Waals surface area contributed by atoms with Gasteiger partial charge in [0.2, 0.25) is 0 Å². The van der Waals surface area contributed by atoms with Gasteiger partial charge in [-0.05, 0) is 0 Å². The molecule has 2 aliphatic carbocycles. The van der Waals surface area contributed by atoms with Crippen molar-refractivity contribution in [3.63, 3.8) is 0 Å². The van der Waals surface area contributed by atoms with Crippen molar-refractivity contribution in [3.8, 4) is 22.3 Å². The van der Waals surface area contributed by atoms with E-state index in [0.29, 0.717) is 7.35 Å². The SMILES string of the molecule is CCCCC1=Cc2c(-c3ccc(CCC)cc3)cccc2[CH]1[Hf+2]1([CH]2C(CCCC)=Cc3c(-c4ccc(CCC)cc4)cccc32)[CH2]C[CH2]1.[Cl-].[Cl-]. The summed E-state index contributed by atoms with van der Waals surface area (Å²) in [5, 5.41) is 0. The molecule has 3 aliphatic rings. The number of fused-ring (bicyclic) bond motifs is 2. The first-order valence-electron chi connectivity index (χ1n) is 19.5. The first-order valence-corrected chi connectivity index (χ1v) is 28.7. The van der Waals surface area contributed by atoms with Gasteiger partial charge in [0, 0.05) is 0 Å². The van der Waals surface area contributed by atoms with E-state index in [9.17, 15) is 0 Å². The van der Waals surface area contributed by atoms with Gasteiger partial charge < -0.3 is 24.8 Å². The van der Waals surface area contributed by atoms with Crippen LogP contribution in [-0.2, 0) is 32.8 Å². The molecule has 262 valence electrons. The predicted octanol–water partition coefficient (Wildman–Crippen LogP) is 8.28. The van der Waals surface area contributed by atoms with Crippen LogP contribution < -0.4 is 24.8 Å². The molecule has 7 rings (SSSR count). The van der Waals surface area contributed by atoms with E-state index in [2.05, 4.69) is 125 Å². The summed E-state index contributed by atoms with van der Waals surface area (Å²) in [6.07, 6.45) is 19.3. The maximum Gasteiger partial charge on any atom is -1.00 e. The van der Waals surface area contributed by atoms with E-state index in [0.717, 1.165) is 12.8 Å². The Morgan fingerprint density at radius 1 is 0.500 bits per heavy atom. The monoisotopic (exact) mass is 870 g/mol. The fourth-order valence-electron chi connectivity index (χ4n) is 9.59. The summed E-state index contributed by atoms with van der Waals surface area (Å²) in [5.74, 6) is 0. The Balaban J connectivity index is 0.00000243. The number of benzene rings is 4. The third-order valence-electron chi connectivity index (χ3n) is 12.0. The van der Waals surface area contributed by atoms with Gasteiger partial charge in [0.25, 0.3) is 0 Å². The van der Waals surface area contributed by atoms with Crippen LogP contribution in [0.5, 0.6) is 0 Å². The minimum Gasteiger partial charge on any atom is -1.00 e. The maximum atomic E-state index is 2.71. The Kier molecular flexibility index (Phi) is 13.7. The van der Waals surface area contributed by atoms with Gasteiger partial charge in [0.15, 0.2) is 0 Å². The second kappa shape index (κ2) is 17.6. The van der Waals surface area contributed by atoms with E-state index in [1.54, 1.807) is 41.8 Å². The molecule has 3 heteroatoms. The molecule has 4 aromatic carbocycles. The second-order valence-corrected chi connectivity index (χ2v) is 31.7. The standard InChI is InChI=1S/2C22H25.C3H6.2ClH.Hf/c2*1-3-5-8-18-15-20-9-6-10-21(22(20)16-18)19-13-11-17(7-4-2)12-14-19;1-3-2;;;/h2*6,9-16H,3-5,7-8H2,1-2H3;1-3H2;2*1H;/q;;;;;+2/p-2. The van der Waals surface area contributed by atoms with Gasteiger partial charge in [-0.15, -0.1) is 0 Å². The number of hydrogen-bond donors (Lipinski definition) is 0. The average molecular weight is 870 g/mol. The number of hydrogen-bond acceptors (Lipinski definition) is 0. The molecule has 1 saturated heterocycles. The average Bonchev–Trinajstić information content (AvgIpc) is 3.66. The zero-order valence-corrected chi connectivity index (χ0v) is 35.9. The van der Waals surface area contributed by atoms with Crippen LogP contribution >= 0.6 is 0 Å². The molecular weight excluding hydrogens is 814 g/mol. The molecule has 50 heavy (non-hydrogen) atoms. The van der Waals surface area contributed by atoms with E-state index in [1.807, 2.05) is 0 Å². The third-order valence-corrected chi connectivity index (χ3v) is 34.4. The molecule has 2 unspecified atom stereocenters. The summed E-state index contributed by atoms with van der Waals surface area (Å²) in [7, 11) is 0. The van der Waals surface area contributed by atoms with Crippen LogP contribution in [0.25, 0.3) is 34.4 Å². The minimum absolute atomic E-state index is 0. The van der Waals surface area contributed by atoms with Crippen LogP contribution in [0.3, 0.4) is 0 Å². The van der Waals surface area contributed by atoms with Gasteiger partial charge in [-0.25, -0.2) is 0 Å². The zero-order chi connectivity index (χ0) is 33.1. The van der Waals surface area contributed by atoms with Crippen LogP contribution in [0, 0.1) is 0 Å². The van der Waals surface area contributed by atoms with Crippen molar-refractivity contribution >= 4 is 12.2 Å². The third kappa shape index (κ3) is 7.36. The summed E-state index contributed by atoms with van der Waals surface area (Å²) in [6, 6.07) is 33.8. The molecule has 2 atom stereocenters. The fourth-order valence-corrected chi connectivity index (χ4v) is 32.3. The van der Waals surface area contributed by atoms with Gasteiger partial charge in [0.1, 0.15) is 0 Å². The topological polar surface area (TPSA) is 0 Å². The largest absolute Gasteiger partial charge is 1.00 e. The molecule has 0 N–H and O–H groups in total. The predicted molar refractivity (Wildman–Crippen MR) is 206 cm³/mol. The van der Waals surface area contributed by atoms with E-state index in [1.165, 1.54) is 91.2 Å². The van der Waals surface area contributed by atoms with Crippen LogP contribution in [0.15, 0.2) is 96.1 Å². The van der Waals surface area contributed by atoms with Crippen molar-refractivity contribution in [2.75, 3.05) is 0 Å². The van der Waals surface area contributed by atoms with Crippen LogP contribution in [0.4, 0.5) is 0 Å². The molecule has 0 spiro atoms. The molecule has 1 fully saturated rings. The number of halogens is 2. The summed E-state index contributed by atoms with van der Waals surface area (Å²) in [6.45, 7) is 9.31. The Hall–Kier alpha value is -2.19. The molecule has 0 aromatic heterocycles. The Morgan fingerprint density at radius 2 is 0.920 bits per heavy atom. The quantitative estimate of drug-likeness (QED) is 0.112. The van der Waals surface area contributed by atoms with Gasteiger partial charge >= 0.3 is 298 Å². The summed E-state index contributed by atoms with van der Waals surface area (Å²) in [5.41, 5.74) is 18.7. The molecule has 0 saturated carbocycles. The molecule has 0 radical (unpaired) electrons. The van der Waals surface area contributed by atoms with Crippen molar-refractivity contribution in [3.05, 3.63) is 129 Å². The van der Waals surface area contributed by atoms with Crippen molar-refractivity contribution in [2.45, 2.75) is 114 Å². The first-order chi connectivity index (χ1) is 23.6. The first kappa shape index (κ1) is 39.0. The van der Waals surface area contributed by atoms with Crippen LogP contribution in [0.1, 0.15) is 126 Å². The molecular formula is C47H56Cl2Hf. The normalized spacial score (nSPS) is 17.6. The van der Waals surface area contributed by atoms with Crippen molar-refractivity contribution in [1.29, 1.82) is 0 Å². The maximum absolute atomic E-state index is 3.07. The van der Waals surface area contributed by atoms with E-state index in [4.69, 9.17) is 0 Å². The van der Waals surface area contributed by atoms with Gasteiger partial charge in [0.05, 0.1) is 0 Å². The van der Waals surface area contributed by atoms with Crippen LogP contribution in [0.2, 0.25) is 8.35 Å². The molecule has 1 heterocycles. The molecule has 0 nitrogen and oxygen atoms in total. The van der Waals surface area contributed by atoms with Gasteiger partial charge in [-0.2, -0.15) is 0 Å². The molecule has 4 aromatic rings. The van der Waals surface area contributed by atoms with Crippen molar-refractivity contribution in [1.82, 2.24) is 0 Å². The summed E-state index contributed by atoms with van der Waals surface area (Å²) in [4.78, 5) is 0. The number of aryl methyl sites for hydroxylation is 2. The summed E-state index contributed by atoms with van der Waals surface area (Å²) >= 11 is -3.07. The second-order valence-electron chi connectivity index (χ2n) is 15.1. The van der Waals surface area contributed by atoms with Crippen molar-refractivity contribution in [2.24, 2.45) is 0 Å². The molecule has 1 aliphatic heterocycles. The minimum atomic E-state index is -3.07. The van der Waals surface area contributed by atoms with Crippen molar-refractivity contribution < 1.29 is 44.8 Å². The Morgan fingerprint density at radius 3 is 1.26 bits per heavy atom. The van der Waals surface area contributed by atoms with Gasteiger partial charge in [-0.3, -0.25) is 0 Å². The number of allylic oxidation sites excluding steroid dienone is 2. The Labute approximate surface area is 320 Å². The smallest absolute Gasteiger partial charge is 1.00 e. The van der Waals surface area contributed by atoms with E-state index < -0.39 is 20.0 Å². The number of rotatable bonds is 14. The Bertz CT molecular complexity index is 1660. The molecule has 0 amide bonds.